The van der Waals surface area contributed by atoms with E-state index in [0.29, 0.717) is 18.3 Å². The molecule has 5 nitrogen and oxygen atoms in total. The van der Waals surface area contributed by atoms with E-state index in [-0.39, 0.29) is 0 Å². The van der Waals surface area contributed by atoms with Crippen molar-refractivity contribution in [2.75, 3.05) is 0 Å². The van der Waals surface area contributed by atoms with E-state index < -0.39 is 0 Å². The van der Waals surface area contributed by atoms with Gasteiger partial charge in [0.2, 0.25) is 11.8 Å². The lowest BCUT2D eigenvalue weighted by Gasteiger charge is -2.05. The third-order valence-corrected chi connectivity index (χ3v) is 2.88. The Hall–Kier alpha value is -2.27. The van der Waals surface area contributed by atoms with E-state index in [1.54, 1.807) is 6.92 Å². The Kier molecular flexibility index (Phi) is 3.20. The molecule has 1 N–H and O–H groups in total. The fourth-order valence-corrected chi connectivity index (χ4v) is 2.02. The first-order valence-corrected chi connectivity index (χ1v) is 6.15. The van der Waals surface area contributed by atoms with Crippen molar-refractivity contribution in [1.82, 2.24) is 20.5 Å². The van der Waals surface area contributed by atoms with Crippen LogP contribution < -0.4 is 5.32 Å². The molecule has 0 aliphatic rings. The third kappa shape index (κ3) is 2.61. The molecule has 0 radical (unpaired) electrons. The van der Waals surface area contributed by atoms with E-state index in [2.05, 4.69) is 38.7 Å². The monoisotopic (exact) mass is 254 g/mol. The molecule has 96 valence electrons. The summed E-state index contributed by atoms with van der Waals surface area (Å²) in [6, 6.07) is 10.2. The molecule has 0 spiro atoms. The van der Waals surface area contributed by atoms with Gasteiger partial charge in [-0.2, -0.15) is 0 Å². The van der Waals surface area contributed by atoms with Crippen molar-refractivity contribution in [2.45, 2.75) is 20.0 Å². The highest BCUT2D eigenvalue weighted by molar-refractivity contribution is 5.81. The van der Waals surface area contributed by atoms with Gasteiger partial charge in [0.05, 0.1) is 12.1 Å². The van der Waals surface area contributed by atoms with Crippen molar-refractivity contribution in [3.8, 4) is 0 Å². The average molecular weight is 254 g/mol. The van der Waals surface area contributed by atoms with Gasteiger partial charge in [0, 0.05) is 25.1 Å². The Bertz CT molecular complexity index is 687. The van der Waals surface area contributed by atoms with Crippen LogP contribution in [0.15, 0.2) is 40.9 Å². The Balaban J connectivity index is 1.71. The fourth-order valence-electron chi connectivity index (χ4n) is 2.02. The van der Waals surface area contributed by atoms with Crippen LogP contribution >= 0.6 is 0 Å². The maximum absolute atomic E-state index is 5.31. The van der Waals surface area contributed by atoms with Gasteiger partial charge >= 0.3 is 0 Å². The van der Waals surface area contributed by atoms with Gasteiger partial charge < -0.3 is 9.73 Å². The van der Waals surface area contributed by atoms with Gasteiger partial charge in [-0.3, -0.25) is 4.98 Å². The number of aromatic nitrogens is 3. The minimum atomic E-state index is 0.560. The molecule has 2 aromatic heterocycles. The molecule has 1 aromatic carbocycles. The number of para-hydroxylation sites is 1. The predicted molar refractivity (Wildman–Crippen MR) is 71.3 cm³/mol. The largest absolute Gasteiger partial charge is 0.424 e. The zero-order valence-corrected chi connectivity index (χ0v) is 10.6. The number of aryl methyl sites for hydroxylation is 1. The number of pyridine rings is 1. The second-order valence-corrected chi connectivity index (χ2v) is 4.31. The molecule has 2 heterocycles. The zero-order chi connectivity index (χ0) is 13.1. The number of benzene rings is 1. The average Bonchev–Trinajstić information content (AvgIpc) is 2.85. The summed E-state index contributed by atoms with van der Waals surface area (Å²) < 4.78 is 5.31. The van der Waals surface area contributed by atoms with Crippen molar-refractivity contribution in [1.29, 1.82) is 0 Å². The van der Waals surface area contributed by atoms with Crippen LogP contribution in [0, 0.1) is 6.92 Å². The molecule has 0 bridgehead atoms. The third-order valence-electron chi connectivity index (χ3n) is 2.88. The number of nitrogens with one attached hydrogen (secondary N) is 1. The van der Waals surface area contributed by atoms with E-state index in [4.69, 9.17) is 4.42 Å². The quantitative estimate of drug-likeness (QED) is 0.773. The van der Waals surface area contributed by atoms with Crippen LogP contribution in [0.4, 0.5) is 0 Å². The van der Waals surface area contributed by atoms with Crippen molar-refractivity contribution in [3.05, 3.63) is 53.9 Å². The smallest absolute Gasteiger partial charge is 0.230 e. The molecule has 0 fully saturated rings. The first-order valence-electron chi connectivity index (χ1n) is 6.15. The number of nitrogens with zero attached hydrogens (tertiary/aromatic N) is 3. The Labute approximate surface area is 110 Å². The lowest BCUT2D eigenvalue weighted by molar-refractivity contribution is 0.447. The van der Waals surface area contributed by atoms with Gasteiger partial charge in [0.15, 0.2) is 0 Å². The van der Waals surface area contributed by atoms with Crippen LogP contribution in [0.5, 0.6) is 0 Å². The normalized spacial score (nSPS) is 11.0. The Morgan fingerprint density at radius 3 is 2.84 bits per heavy atom. The van der Waals surface area contributed by atoms with Gasteiger partial charge in [-0.05, 0) is 11.6 Å². The molecular weight excluding hydrogens is 240 g/mol. The molecule has 0 aliphatic carbocycles. The van der Waals surface area contributed by atoms with Crippen LogP contribution in [0.3, 0.4) is 0 Å². The highest BCUT2D eigenvalue weighted by Gasteiger charge is 2.04. The SMILES string of the molecule is Cc1nnc(CNCc2cccc3cccnc23)o1. The second kappa shape index (κ2) is 5.16. The van der Waals surface area contributed by atoms with Gasteiger partial charge in [-0.15, -0.1) is 10.2 Å². The summed E-state index contributed by atoms with van der Waals surface area (Å²) in [5, 5.41) is 12.2. The summed E-state index contributed by atoms with van der Waals surface area (Å²) >= 11 is 0. The standard InChI is InChI=1S/C14H14N4O/c1-10-17-18-13(19-10)9-15-8-12-5-2-4-11-6-3-7-16-14(11)12/h2-7,15H,8-9H2,1H3. The molecule has 5 heteroatoms. The molecule has 3 aromatic rings. The van der Waals surface area contributed by atoms with Crippen LogP contribution in [0.25, 0.3) is 10.9 Å². The maximum atomic E-state index is 5.31. The summed E-state index contributed by atoms with van der Waals surface area (Å²) in [6.07, 6.45) is 1.81. The van der Waals surface area contributed by atoms with Gasteiger partial charge in [-0.25, -0.2) is 0 Å². The van der Waals surface area contributed by atoms with Crippen molar-refractivity contribution < 1.29 is 4.42 Å². The summed E-state index contributed by atoms with van der Waals surface area (Å²) in [6.45, 7) is 3.06. The summed E-state index contributed by atoms with van der Waals surface area (Å²) in [5.41, 5.74) is 2.19. The van der Waals surface area contributed by atoms with E-state index in [1.807, 2.05) is 18.3 Å². The highest BCUT2D eigenvalue weighted by atomic mass is 16.4. The summed E-state index contributed by atoms with van der Waals surface area (Å²) in [7, 11) is 0. The number of hydrogen-bond acceptors (Lipinski definition) is 5. The van der Waals surface area contributed by atoms with Crippen molar-refractivity contribution >= 4 is 10.9 Å². The summed E-state index contributed by atoms with van der Waals surface area (Å²) in [4.78, 5) is 4.42. The van der Waals surface area contributed by atoms with Crippen LogP contribution in [-0.4, -0.2) is 15.2 Å². The molecular formula is C14H14N4O. The number of hydrogen-bond donors (Lipinski definition) is 1. The number of rotatable bonds is 4. The molecule has 0 saturated carbocycles. The Morgan fingerprint density at radius 2 is 2.00 bits per heavy atom. The molecule has 0 unspecified atom stereocenters. The maximum Gasteiger partial charge on any atom is 0.230 e. The second-order valence-electron chi connectivity index (χ2n) is 4.31. The molecule has 0 saturated heterocycles. The lowest BCUT2D eigenvalue weighted by Crippen LogP contribution is -2.13. The van der Waals surface area contributed by atoms with Gasteiger partial charge in [0.25, 0.3) is 0 Å². The molecule has 0 aliphatic heterocycles. The van der Waals surface area contributed by atoms with E-state index in [0.717, 1.165) is 23.0 Å². The molecule has 3 rings (SSSR count). The first-order chi connectivity index (χ1) is 9.33. The lowest BCUT2D eigenvalue weighted by atomic mass is 10.1. The van der Waals surface area contributed by atoms with E-state index >= 15 is 0 Å². The molecule has 19 heavy (non-hydrogen) atoms. The Morgan fingerprint density at radius 1 is 1.11 bits per heavy atom. The summed E-state index contributed by atoms with van der Waals surface area (Å²) in [5.74, 6) is 1.19. The molecule has 0 amide bonds. The predicted octanol–water partition coefficient (Wildman–Crippen LogP) is 2.22. The number of fused-ring (bicyclic) bond motifs is 1. The van der Waals surface area contributed by atoms with Crippen LogP contribution in [-0.2, 0) is 13.1 Å². The van der Waals surface area contributed by atoms with E-state index in [1.165, 1.54) is 0 Å². The van der Waals surface area contributed by atoms with Crippen LogP contribution in [0.1, 0.15) is 17.3 Å². The van der Waals surface area contributed by atoms with Crippen molar-refractivity contribution in [2.24, 2.45) is 0 Å². The van der Waals surface area contributed by atoms with E-state index in [9.17, 15) is 0 Å². The minimum absolute atomic E-state index is 0.560. The van der Waals surface area contributed by atoms with Gasteiger partial charge in [-0.1, -0.05) is 24.3 Å². The van der Waals surface area contributed by atoms with Crippen LogP contribution in [0.2, 0.25) is 0 Å². The highest BCUT2D eigenvalue weighted by Crippen LogP contribution is 2.15. The van der Waals surface area contributed by atoms with Crippen molar-refractivity contribution in [3.63, 3.8) is 0 Å². The fraction of sp³-hybridized carbons (Fsp3) is 0.214. The zero-order valence-electron chi connectivity index (χ0n) is 10.6. The minimum Gasteiger partial charge on any atom is -0.424 e. The topological polar surface area (TPSA) is 63.8 Å². The molecule has 0 atom stereocenters. The first kappa shape index (κ1) is 11.8. The van der Waals surface area contributed by atoms with Gasteiger partial charge in [0.1, 0.15) is 0 Å².